The first-order valence-electron chi connectivity index (χ1n) is 45.1. The van der Waals surface area contributed by atoms with Crippen LogP contribution >= 0.6 is 0 Å². The summed E-state index contributed by atoms with van der Waals surface area (Å²) in [6.07, 6.45) is -111. The molecule has 0 aliphatic carbocycles. The van der Waals surface area contributed by atoms with Gasteiger partial charge in [-0.1, -0.05) is 0 Å². The van der Waals surface area contributed by atoms with E-state index in [4.69, 9.17) is 99.5 Å². The van der Waals surface area contributed by atoms with E-state index in [0.717, 1.165) is 34.6 Å². The van der Waals surface area contributed by atoms with Crippen LogP contribution in [0.25, 0.3) is 0 Å². The quantitative estimate of drug-likeness (QED) is 0.0273. The van der Waals surface area contributed by atoms with Crippen molar-refractivity contribution in [2.24, 2.45) is 0 Å². The molecular formula is C79H131N5O58. The van der Waals surface area contributed by atoms with Gasteiger partial charge in [-0.15, -0.1) is 0 Å². The predicted octanol–water partition coefficient (Wildman–Crippen LogP) is -24.0. The third-order valence-corrected chi connectivity index (χ3v) is 25.9. The average molecular weight is 2080 g/mol. The van der Waals surface area contributed by atoms with Gasteiger partial charge in [0.2, 0.25) is 29.5 Å². The molecule has 11 unspecified atom stereocenters. The Morgan fingerprint density at radius 3 is 1.08 bits per heavy atom. The first-order chi connectivity index (χ1) is 67.0. The molecule has 11 fully saturated rings. The number of amides is 5. The maximum Gasteiger partial charge on any atom is 0.364 e. The summed E-state index contributed by atoms with van der Waals surface area (Å²) < 4.78 is 126. The van der Waals surface area contributed by atoms with E-state index in [1.165, 1.54) is 6.92 Å². The van der Waals surface area contributed by atoms with Crippen molar-refractivity contribution in [3.63, 3.8) is 0 Å². The number of rotatable bonds is 38. The Labute approximate surface area is 803 Å². The molecule has 0 saturated carbocycles. The van der Waals surface area contributed by atoms with Crippen LogP contribution in [0.2, 0.25) is 0 Å². The van der Waals surface area contributed by atoms with Crippen molar-refractivity contribution in [1.82, 2.24) is 26.6 Å². The Kier molecular flexibility index (Phi) is 41.7. The SMILES string of the molecule is CC(=O)N[C@H]1[C@H]([C@H](O)[C@H](O)CO)OC(OC[C@H]2OC(O[C@H]3[C@H](O)[C@@H](NC(C)=O)C(O[C@@H]4C(O[C@H]5[C@H](O)[C@@H](COC6O[C@H](CO)[C@@H](O)[C@H](O)[C@@H]6OC6O[C@H](CO)[C@@H](OC7O[C@H](CO)[C@H](O)[C@H](O)[C@H]7O)[C@H](OC7O[C@@H](C)[C@@H](O)[C@@H](O)[C@@H]7O)[C@H]6NC(C)=O)OC(O[C@H]6[C@H](O)[C@@H](NC(C)=O)C(O[C@H]7[C@H](O)[C@@H](NC(C)=O)C(O)O[C@@H]7CO)O[C@@H]6CO)[C@H]5O)O[C@H](CO)[C@@H](O)[C@@H]4O)O[C@@H]3CO)[C@H](O)[C@@H](O)[C@H]2O)(C(=O)O)C[C@@H]1O. The minimum atomic E-state index is -3.12. The van der Waals surface area contributed by atoms with Gasteiger partial charge in [0.25, 0.3) is 5.79 Å². The van der Waals surface area contributed by atoms with E-state index < -0.39 is 451 Å². The molecule has 36 N–H and O–H groups in total. The molecule has 0 aromatic rings. The van der Waals surface area contributed by atoms with Gasteiger partial charge >= 0.3 is 5.97 Å². The lowest BCUT2D eigenvalue weighted by molar-refractivity contribution is -0.400. The van der Waals surface area contributed by atoms with E-state index in [9.17, 15) is 187 Å². The normalized spacial score (nSPS) is 48.0. The van der Waals surface area contributed by atoms with E-state index in [1.807, 2.05) is 0 Å². The molecule has 0 aromatic carbocycles. The van der Waals surface area contributed by atoms with E-state index >= 15 is 0 Å². The number of aliphatic hydroxyl groups is 30. The highest BCUT2D eigenvalue weighted by molar-refractivity contribution is 5.77. The van der Waals surface area contributed by atoms with Crippen LogP contribution in [0.1, 0.15) is 48.0 Å². The summed E-state index contributed by atoms with van der Waals surface area (Å²) in [6, 6.07) is -9.65. The summed E-state index contributed by atoms with van der Waals surface area (Å²) >= 11 is 0. The zero-order valence-electron chi connectivity index (χ0n) is 76.4. The zero-order valence-corrected chi connectivity index (χ0v) is 76.4. The molecule has 820 valence electrons. The Morgan fingerprint density at radius 2 is 0.627 bits per heavy atom. The highest BCUT2D eigenvalue weighted by Gasteiger charge is 2.64. The largest absolute Gasteiger partial charge is 0.477 e. The molecule has 0 bridgehead atoms. The highest BCUT2D eigenvalue weighted by atomic mass is 16.8. The number of hydrogen-bond acceptors (Lipinski definition) is 57. The molecule has 56 atom stereocenters. The monoisotopic (exact) mass is 2080 g/mol. The second-order valence-corrected chi connectivity index (χ2v) is 36.0. The molecule has 11 aliphatic rings. The van der Waals surface area contributed by atoms with E-state index in [0.29, 0.717) is 0 Å². The lowest BCUT2D eigenvalue weighted by atomic mass is 9.88. The van der Waals surface area contributed by atoms with Gasteiger partial charge in [-0.25, -0.2) is 4.79 Å². The number of nitrogens with one attached hydrogen (secondary N) is 5. The van der Waals surface area contributed by atoms with Crippen LogP contribution < -0.4 is 26.6 Å². The van der Waals surface area contributed by atoms with E-state index in [1.54, 1.807) is 0 Å². The summed E-state index contributed by atoms with van der Waals surface area (Å²) in [5.41, 5.74) is 0. The summed E-state index contributed by atoms with van der Waals surface area (Å²) in [5, 5.41) is 361. The van der Waals surface area contributed by atoms with Gasteiger partial charge in [0.1, 0.15) is 256 Å². The van der Waals surface area contributed by atoms with Crippen molar-refractivity contribution < 1.29 is 287 Å². The fourth-order valence-corrected chi connectivity index (χ4v) is 18.4. The number of ether oxygens (including phenoxy) is 21. The molecule has 0 radical (unpaired) electrons. The fourth-order valence-electron chi connectivity index (χ4n) is 18.4. The van der Waals surface area contributed by atoms with Crippen molar-refractivity contribution in [2.45, 2.75) is 391 Å². The third kappa shape index (κ3) is 25.8. The van der Waals surface area contributed by atoms with Crippen LogP contribution in [0.15, 0.2) is 0 Å². The molecule has 0 aromatic heterocycles. The number of carbonyl (C=O) groups excluding carboxylic acids is 5. The average Bonchev–Trinajstić information content (AvgIpc) is 0.763. The highest BCUT2D eigenvalue weighted by Crippen LogP contribution is 2.43. The second kappa shape index (κ2) is 50.6. The molecule has 63 nitrogen and oxygen atoms in total. The molecule has 63 heteroatoms. The number of hydrogen-bond donors (Lipinski definition) is 36. The van der Waals surface area contributed by atoms with Crippen molar-refractivity contribution >= 4 is 35.5 Å². The molecule has 11 rings (SSSR count). The number of carboxylic acid groups (broad SMARTS) is 1. The molecule has 11 aliphatic heterocycles. The zero-order chi connectivity index (χ0) is 105. The topological polar surface area (TPSA) is 984 Å². The van der Waals surface area contributed by atoms with Gasteiger partial charge in [0.05, 0.1) is 84.3 Å². The smallest absolute Gasteiger partial charge is 0.364 e. The van der Waals surface area contributed by atoms with E-state index in [2.05, 4.69) is 26.6 Å². The standard InChI is InChI=1S/C79H131N5O58/c1-18-40(100)50(110)55(115)72(124-18)138-64-39(84-23(6)97)71(131-32(15-92)62(64)137-73-56(116)51(111)42(102)26(9-86)126-73)140-66-53(113)43(103)27(10-87)127-76(66)122-16-33-46(106)65(58(118)75(132-33)136-61-31(14-91)129-69(37(48(61)108)82-21(4)95)134-59-29(12-89)125-68(119)36(47(59)107)81-20(3)94)139-77-67(54(114)44(104)28(11-88)128-77)141-70-38(83-22(5)96)49(109)60(30(13-90)130-70)135-74-57(117)52(112)45(105)34(133-74)17-123-79(78(120)121)7-24(98)35(80-19(2)93)63(142-79)41(101)25(99)8-85/h18,24-77,85-92,98-119H,7-17H2,1-6H3,(H,80,93)(H,81,94)(H,82,95)(H,83,96)(H,84,97)(H,120,121)/t18-,24-,25+,26+,27+,28+,29+,30+,31+,32+,33+,34+,35+,36+,37+,38+,39+,40+,41+,42-,43+,44+,45-,46+,47+,48+,49+,50+,51-,52-,53-,54-,55-,56+,57+,58-,59+,60+,61+,62+,63+,64+,65-,66-,67-,68?,69?,70?,71?,72?,73?,74?,75?,76?,77?,79?/m0/s1. The van der Waals surface area contributed by atoms with Gasteiger partial charge in [-0.3, -0.25) is 24.0 Å². The Bertz CT molecular complexity index is 4010. The van der Waals surface area contributed by atoms with Gasteiger partial charge < -0.3 is 284 Å². The van der Waals surface area contributed by atoms with Crippen LogP contribution in [0.4, 0.5) is 0 Å². The van der Waals surface area contributed by atoms with Crippen molar-refractivity contribution in [3.05, 3.63) is 0 Å². The number of carbonyl (C=O) groups is 6. The van der Waals surface area contributed by atoms with Crippen molar-refractivity contribution in [3.8, 4) is 0 Å². The molecule has 11 heterocycles. The number of aliphatic hydroxyl groups excluding tert-OH is 30. The van der Waals surface area contributed by atoms with Gasteiger partial charge in [0.15, 0.2) is 62.9 Å². The fraction of sp³-hybridized carbons (Fsp3) is 0.924. The summed E-state index contributed by atoms with van der Waals surface area (Å²) in [4.78, 5) is 77.6. The van der Waals surface area contributed by atoms with Crippen LogP contribution in [-0.2, 0) is 128 Å². The molecule has 5 amide bonds. The Morgan fingerprint density at radius 1 is 0.303 bits per heavy atom. The minimum absolute atomic E-state index is 0.829. The first-order valence-corrected chi connectivity index (χ1v) is 45.1. The lowest BCUT2D eigenvalue weighted by Gasteiger charge is -2.51. The summed E-state index contributed by atoms with van der Waals surface area (Å²) in [6.45, 7) is -6.39. The van der Waals surface area contributed by atoms with Gasteiger partial charge in [-0.2, -0.15) is 0 Å². The van der Waals surface area contributed by atoms with Crippen LogP contribution in [0, 0.1) is 0 Å². The maximum absolute atomic E-state index is 13.5. The first kappa shape index (κ1) is 117. The molecule has 142 heavy (non-hydrogen) atoms. The number of aliphatic carboxylic acids is 1. The maximum atomic E-state index is 13.5. The minimum Gasteiger partial charge on any atom is -0.477 e. The predicted molar refractivity (Wildman–Crippen MR) is 436 cm³/mol. The molecular weight excluding hydrogens is 1950 g/mol. The lowest BCUT2D eigenvalue weighted by Crippen LogP contribution is -2.71. The number of carboxylic acids is 1. The van der Waals surface area contributed by atoms with E-state index in [-0.39, 0.29) is 0 Å². The Hall–Kier alpha value is -5.22. The Balaban J connectivity index is 0.923. The summed E-state index contributed by atoms with van der Waals surface area (Å²) in [7, 11) is 0. The second-order valence-electron chi connectivity index (χ2n) is 36.0. The van der Waals surface area contributed by atoms with Crippen molar-refractivity contribution in [1.29, 1.82) is 0 Å². The van der Waals surface area contributed by atoms with Crippen LogP contribution in [-0.4, -0.2) is 603 Å². The summed E-state index contributed by atoms with van der Waals surface area (Å²) in [5.74, 6) is -10.0. The van der Waals surface area contributed by atoms with Gasteiger partial charge in [0, 0.05) is 41.0 Å². The van der Waals surface area contributed by atoms with Crippen LogP contribution in [0.5, 0.6) is 0 Å². The third-order valence-electron chi connectivity index (χ3n) is 25.9. The van der Waals surface area contributed by atoms with Crippen molar-refractivity contribution in [2.75, 3.05) is 66.1 Å². The molecule has 11 saturated heterocycles. The molecule has 0 spiro atoms. The van der Waals surface area contributed by atoms with Crippen LogP contribution in [0.3, 0.4) is 0 Å². The van der Waals surface area contributed by atoms with Gasteiger partial charge in [-0.05, 0) is 6.92 Å².